The number of rotatable bonds is 44. The van der Waals surface area contributed by atoms with Crippen LogP contribution in [0.3, 0.4) is 0 Å². The first-order chi connectivity index (χ1) is 28.8. The van der Waals surface area contributed by atoms with Gasteiger partial charge < -0.3 is 25.0 Å². The lowest BCUT2D eigenvalue weighted by atomic mass is 9.92. The monoisotopic (exact) mass is 832 g/mol. The summed E-state index contributed by atoms with van der Waals surface area (Å²) in [5.41, 5.74) is -0.0629. The van der Waals surface area contributed by atoms with Crippen LogP contribution < -0.4 is 21.5 Å². The van der Waals surface area contributed by atoms with E-state index >= 15 is 0 Å². The fourth-order valence-corrected chi connectivity index (χ4v) is 8.31. The van der Waals surface area contributed by atoms with Crippen molar-refractivity contribution in [2.24, 2.45) is 11.8 Å². The lowest BCUT2D eigenvalue weighted by Gasteiger charge is -2.23. The molecule has 0 unspecified atom stereocenters. The molecule has 0 fully saturated rings. The third-order valence-electron chi connectivity index (χ3n) is 12.3. The Balaban J connectivity index is 2.34. The molecular weight excluding hydrogens is 739 g/mol. The molecule has 0 aliphatic rings. The number of carbonyl (C=O) groups excluding carboxylic acids is 2. The van der Waals surface area contributed by atoms with Crippen molar-refractivity contribution in [2.75, 3.05) is 57.1 Å². The predicted octanol–water partition coefficient (Wildman–Crippen LogP) is 12.5. The predicted molar refractivity (Wildman–Crippen MR) is 251 cm³/mol. The van der Waals surface area contributed by atoms with Gasteiger partial charge in [0.2, 0.25) is 0 Å². The number of anilines is 2. The standard InChI is InChI=1S/C50H93N3O6/c1-6-10-14-22-31-44(32-23-15-11-7-2)36-42-59-46(55)34-25-19-17-21-27-39-53(40-28-37-52-48-47(51-5)49(56)50(48)57)38-26-20-16-18-24-33-45(54)58-41-35-43(29-12-8-3)30-13-9-4/h43-44,51-52H,6-42H2,1-5H3. The van der Waals surface area contributed by atoms with Crippen molar-refractivity contribution in [2.45, 2.75) is 227 Å². The largest absolute Gasteiger partial charge is 0.466 e. The van der Waals surface area contributed by atoms with Crippen molar-refractivity contribution in [3.8, 4) is 0 Å². The highest BCUT2D eigenvalue weighted by atomic mass is 16.5. The molecule has 0 bridgehead atoms. The van der Waals surface area contributed by atoms with Gasteiger partial charge in [-0.25, -0.2) is 0 Å². The summed E-state index contributed by atoms with van der Waals surface area (Å²) in [6, 6.07) is 0. The number of carbonyl (C=O) groups is 2. The number of nitrogens with one attached hydrogen (secondary N) is 2. The van der Waals surface area contributed by atoms with Gasteiger partial charge in [-0.3, -0.25) is 19.2 Å². The van der Waals surface area contributed by atoms with Crippen LogP contribution in [0.15, 0.2) is 9.59 Å². The number of nitrogens with zero attached hydrogens (tertiary/aromatic N) is 1. The summed E-state index contributed by atoms with van der Waals surface area (Å²) in [4.78, 5) is 51.1. The Kier molecular flexibility index (Phi) is 35.6. The van der Waals surface area contributed by atoms with Crippen LogP contribution in [-0.2, 0) is 19.1 Å². The Morgan fingerprint density at radius 3 is 1.32 bits per heavy atom. The van der Waals surface area contributed by atoms with Gasteiger partial charge in [-0.1, -0.05) is 169 Å². The van der Waals surface area contributed by atoms with E-state index in [4.69, 9.17) is 9.47 Å². The molecule has 344 valence electrons. The quantitative estimate of drug-likeness (QED) is 0.0377. The van der Waals surface area contributed by atoms with E-state index < -0.39 is 10.9 Å². The molecule has 9 heteroatoms. The van der Waals surface area contributed by atoms with Gasteiger partial charge in [-0.2, -0.15) is 0 Å². The SMILES string of the molecule is CCCCCCC(CCCCCC)CCOC(=O)CCCCCCCN(CCCCCCCC(=O)OCCC(CCCC)CCCC)CCCNc1c(NC)c(=O)c1=O. The highest BCUT2D eigenvalue weighted by Crippen LogP contribution is 2.23. The molecule has 0 radical (unpaired) electrons. The molecule has 0 aliphatic carbocycles. The summed E-state index contributed by atoms with van der Waals surface area (Å²) in [7, 11) is 1.67. The third-order valence-corrected chi connectivity index (χ3v) is 12.3. The third kappa shape index (κ3) is 28.7. The van der Waals surface area contributed by atoms with Crippen molar-refractivity contribution in [3.63, 3.8) is 0 Å². The van der Waals surface area contributed by atoms with E-state index in [1.54, 1.807) is 7.05 Å². The molecule has 0 aromatic heterocycles. The van der Waals surface area contributed by atoms with Crippen molar-refractivity contribution in [1.82, 2.24) is 4.90 Å². The van der Waals surface area contributed by atoms with E-state index in [-0.39, 0.29) is 11.9 Å². The molecule has 0 aliphatic heterocycles. The van der Waals surface area contributed by atoms with Crippen LogP contribution in [0.4, 0.5) is 11.4 Å². The van der Waals surface area contributed by atoms with E-state index in [2.05, 4.69) is 43.2 Å². The summed E-state index contributed by atoms with van der Waals surface area (Å²) in [6.07, 6.45) is 35.1. The summed E-state index contributed by atoms with van der Waals surface area (Å²) in [6.45, 7) is 13.8. The molecule has 1 rings (SSSR count). The number of ether oxygens (including phenoxy) is 2. The van der Waals surface area contributed by atoms with Crippen molar-refractivity contribution < 1.29 is 19.1 Å². The van der Waals surface area contributed by atoms with Gasteiger partial charge in [0.15, 0.2) is 0 Å². The van der Waals surface area contributed by atoms with Gasteiger partial charge in [0.05, 0.1) is 13.2 Å². The second-order valence-electron chi connectivity index (χ2n) is 17.5. The number of hydrogen-bond acceptors (Lipinski definition) is 9. The average molecular weight is 832 g/mol. The molecule has 9 nitrogen and oxygen atoms in total. The number of unbranched alkanes of at least 4 members (excludes halogenated alkanes) is 16. The Morgan fingerprint density at radius 2 is 0.864 bits per heavy atom. The Labute approximate surface area is 362 Å². The highest BCUT2D eigenvalue weighted by Gasteiger charge is 2.19. The van der Waals surface area contributed by atoms with Crippen LogP contribution in [0.2, 0.25) is 0 Å². The van der Waals surface area contributed by atoms with Gasteiger partial charge in [0, 0.05) is 26.4 Å². The summed E-state index contributed by atoms with van der Waals surface area (Å²) in [5, 5.41) is 6.01. The minimum Gasteiger partial charge on any atom is -0.466 e. The Hall–Kier alpha value is -2.42. The summed E-state index contributed by atoms with van der Waals surface area (Å²) in [5.74, 6) is 1.30. The molecule has 0 heterocycles. The zero-order chi connectivity index (χ0) is 43.2. The minimum absolute atomic E-state index is 0.0324. The maximum atomic E-state index is 12.5. The molecule has 0 atom stereocenters. The molecule has 0 saturated carbocycles. The first-order valence-electron chi connectivity index (χ1n) is 25.1. The molecule has 0 amide bonds. The summed E-state index contributed by atoms with van der Waals surface area (Å²) < 4.78 is 11.3. The normalized spacial score (nSPS) is 11.7. The number of hydrogen-bond donors (Lipinski definition) is 2. The molecule has 59 heavy (non-hydrogen) atoms. The van der Waals surface area contributed by atoms with Gasteiger partial charge in [0.25, 0.3) is 10.9 Å². The molecule has 1 aromatic rings. The van der Waals surface area contributed by atoms with Gasteiger partial charge in [-0.05, 0) is 76.4 Å². The van der Waals surface area contributed by atoms with Crippen molar-refractivity contribution >= 4 is 23.3 Å². The first kappa shape index (κ1) is 54.6. The summed E-state index contributed by atoms with van der Waals surface area (Å²) >= 11 is 0. The second kappa shape index (κ2) is 38.5. The molecule has 2 N–H and O–H groups in total. The van der Waals surface area contributed by atoms with E-state index in [1.807, 2.05) is 0 Å². The van der Waals surface area contributed by atoms with E-state index in [0.29, 0.717) is 55.8 Å². The second-order valence-corrected chi connectivity index (χ2v) is 17.5. The fourth-order valence-electron chi connectivity index (χ4n) is 8.31. The average Bonchev–Trinajstić information content (AvgIpc) is 3.23. The van der Waals surface area contributed by atoms with Crippen molar-refractivity contribution in [3.05, 3.63) is 20.4 Å². The maximum Gasteiger partial charge on any atom is 0.305 e. The van der Waals surface area contributed by atoms with Gasteiger partial charge in [0.1, 0.15) is 11.4 Å². The fraction of sp³-hybridized carbons (Fsp3) is 0.880. The molecule has 0 saturated heterocycles. The van der Waals surface area contributed by atoms with Crippen LogP contribution >= 0.6 is 0 Å². The van der Waals surface area contributed by atoms with E-state index in [1.165, 1.54) is 103 Å². The highest BCUT2D eigenvalue weighted by molar-refractivity contribution is 5.73. The van der Waals surface area contributed by atoms with E-state index in [9.17, 15) is 19.2 Å². The van der Waals surface area contributed by atoms with Crippen LogP contribution in [-0.4, -0.2) is 63.3 Å². The van der Waals surface area contributed by atoms with E-state index in [0.717, 1.165) is 103 Å². The topological polar surface area (TPSA) is 114 Å². The molecule has 1 aromatic carbocycles. The Morgan fingerprint density at radius 1 is 0.475 bits per heavy atom. The lowest BCUT2D eigenvalue weighted by Crippen LogP contribution is -2.37. The zero-order valence-electron chi connectivity index (χ0n) is 39.2. The van der Waals surface area contributed by atoms with Crippen LogP contribution in [0.25, 0.3) is 0 Å². The zero-order valence-corrected chi connectivity index (χ0v) is 39.2. The maximum absolute atomic E-state index is 12.5. The van der Waals surface area contributed by atoms with Crippen LogP contribution in [0.1, 0.15) is 227 Å². The van der Waals surface area contributed by atoms with Crippen LogP contribution in [0, 0.1) is 11.8 Å². The van der Waals surface area contributed by atoms with Crippen LogP contribution in [0.5, 0.6) is 0 Å². The molecule has 0 spiro atoms. The Bertz CT molecular complexity index is 1190. The van der Waals surface area contributed by atoms with Gasteiger partial charge in [-0.15, -0.1) is 0 Å². The lowest BCUT2D eigenvalue weighted by molar-refractivity contribution is -0.145. The first-order valence-corrected chi connectivity index (χ1v) is 25.1. The van der Waals surface area contributed by atoms with Gasteiger partial charge >= 0.3 is 11.9 Å². The minimum atomic E-state index is -0.440. The van der Waals surface area contributed by atoms with Crippen molar-refractivity contribution in [1.29, 1.82) is 0 Å². The number of esters is 2. The molecular formula is C50H93N3O6. The smallest absolute Gasteiger partial charge is 0.305 e.